The lowest BCUT2D eigenvalue weighted by Crippen LogP contribution is -2.13. The van der Waals surface area contributed by atoms with Crippen molar-refractivity contribution < 1.29 is 8.42 Å². The monoisotopic (exact) mass is 287 g/mol. The molecule has 0 bridgehead atoms. The summed E-state index contributed by atoms with van der Waals surface area (Å²) in [6.07, 6.45) is 3.28. The molecular formula is C14H13N3O2S. The smallest absolute Gasteiger partial charge is 0.261 e. The lowest BCUT2D eigenvalue weighted by Gasteiger charge is -2.09. The van der Waals surface area contributed by atoms with Gasteiger partial charge in [-0.3, -0.25) is 4.72 Å². The maximum atomic E-state index is 12.3. The van der Waals surface area contributed by atoms with Gasteiger partial charge in [-0.1, -0.05) is 17.7 Å². The van der Waals surface area contributed by atoms with Crippen LogP contribution in [-0.2, 0) is 10.0 Å². The molecule has 0 spiro atoms. The molecule has 5 nitrogen and oxygen atoms in total. The molecule has 3 rings (SSSR count). The Bertz CT molecular complexity index is 852. The molecule has 1 aromatic carbocycles. The van der Waals surface area contributed by atoms with E-state index >= 15 is 0 Å². The number of aryl methyl sites for hydroxylation is 1. The first kappa shape index (κ1) is 12.7. The minimum atomic E-state index is -3.59. The molecule has 0 radical (unpaired) electrons. The van der Waals surface area contributed by atoms with E-state index in [0.717, 1.165) is 10.9 Å². The summed E-state index contributed by atoms with van der Waals surface area (Å²) in [7, 11) is -3.59. The van der Waals surface area contributed by atoms with Crippen LogP contribution in [0, 0.1) is 6.92 Å². The van der Waals surface area contributed by atoms with E-state index in [1.807, 2.05) is 6.92 Å². The largest absolute Gasteiger partial charge is 0.346 e. The molecule has 2 heterocycles. The van der Waals surface area contributed by atoms with Crippen molar-refractivity contribution in [1.29, 1.82) is 0 Å². The highest BCUT2D eigenvalue weighted by Gasteiger charge is 2.15. The molecule has 0 atom stereocenters. The molecular weight excluding hydrogens is 274 g/mol. The maximum Gasteiger partial charge on any atom is 0.261 e. The molecule has 0 saturated carbocycles. The molecule has 0 aliphatic rings. The zero-order chi connectivity index (χ0) is 14.2. The summed E-state index contributed by atoms with van der Waals surface area (Å²) in [6, 6.07) is 10.2. The lowest BCUT2D eigenvalue weighted by molar-refractivity contribution is 0.601. The number of anilines is 1. The van der Waals surface area contributed by atoms with Crippen molar-refractivity contribution >= 4 is 26.7 Å². The minimum Gasteiger partial charge on any atom is -0.346 e. The Labute approximate surface area is 116 Å². The van der Waals surface area contributed by atoms with Gasteiger partial charge in [-0.2, -0.15) is 0 Å². The van der Waals surface area contributed by atoms with E-state index < -0.39 is 10.0 Å². The molecule has 102 valence electrons. The summed E-state index contributed by atoms with van der Waals surface area (Å²) in [6.45, 7) is 1.91. The number of rotatable bonds is 3. The quantitative estimate of drug-likeness (QED) is 0.777. The van der Waals surface area contributed by atoms with Crippen LogP contribution in [0.5, 0.6) is 0 Å². The number of nitrogens with zero attached hydrogens (tertiary/aromatic N) is 1. The number of sulfonamides is 1. The molecule has 0 aliphatic heterocycles. The second-order valence-electron chi connectivity index (χ2n) is 4.52. The van der Waals surface area contributed by atoms with Crippen molar-refractivity contribution in [1.82, 2.24) is 9.97 Å². The molecule has 2 aromatic heterocycles. The number of pyridine rings is 1. The molecule has 0 fully saturated rings. The van der Waals surface area contributed by atoms with E-state index in [0.29, 0.717) is 11.3 Å². The van der Waals surface area contributed by atoms with Gasteiger partial charge < -0.3 is 4.98 Å². The fourth-order valence-corrected chi connectivity index (χ4v) is 3.05. The Morgan fingerprint density at radius 1 is 1.10 bits per heavy atom. The predicted molar refractivity (Wildman–Crippen MR) is 78.1 cm³/mol. The number of hydrogen-bond donors (Lipinski definition) is 2. The lowest BCUT2D eigenvalue weighted by atomic mass is 10.2. The van der Waals surface area contributed by atoms with E-state index in [9.17, 15) is 8.42 Å². The third-order valence-electron chi connectivity index (χ3n) is 3.04. The Balaban J connectivity index is 2.01. The van der Waals surface area contributed by atoms with Gasteiger partial charge >= 0.3 is 0 Å². The fourth-order valence-electron chi connectivity index (χ4n) is 1.97. The molecule has 2 N–H and O–H groups in total. The van der Waals surface area contributed by atoms with E-state index in [4.69, 9.17) is 0 Å². The number of hydrogen-bond acceptors (Lipinski definition) is 3. The van der Waals surface area contributed by atoms with Crippen LogP contribution in [-0.4, -0.2) is 18.4 Å². The summed E-state index contributed by atoms with van der Waals surface area (Å²) < 4.78 is 27.3. The topological polar surface area (TPSA) is 74.8 Å². The summed E-state index contributed by atoms with van der Waals surface area (Å²) in [5, 5.41) is 0.739. The van der Waals surface area contributed by atoms with E-state index in [-0.39, 0.29) is 4.90 Å². The van der Waals surface area contributed by atoms with Gasteiger partial charge in [0, 0.05) is 17.8 Å². The fraction of sp³-hybridized carbons (Fsp3) is 0.0714. The van der Waals surface area contributed by atoms with Crippen LogP contribution in [0.15, 0.2) is 53.7 Å². The van der Waals surface area contributed by atoms with Crippen molar-refractivity contribution in [2.45, 2.75) is 11.8 Å². The van der Waals surface area contributed by atoms with Gasteiger partial charge in [0.1, 0.15) is 5.65 Å². The highest BCUT2D eigenvalue weighted by atomic mass is 32.2. The Morgan fingerprint density at radius 2 is 1.85 bits per heavy atom. The number of aromatic amines is 1. The average molecular weight is 287 g/mol. The average Bonchev–Trinajstić information content (AvgIpc) is 2.88. The maximum absolute atomic E-state index is 12.3. The van der Waals surface area contributed by atoms with Gasteiger partial charge in [0.2, 0.25) is 0 Å². The Kier molecular flexibility index (Phi) is 2.94. The number of H-pyrrole nitrogens is 1. The van der Waals surface area contributed by atoms with Crippen LogP contribution in [0.3, 0.4) is 0 Å². The van der Waals surface area contributed by atoms with Crippen molar-refractivity contribution in [3.63, 3.8) is 0 Å². The summed E-state index contributed by atoms with van der Waals surface area (Å²) >= 11 is 0. The van der Waals surface area contributed by atoms with Gasteiger partial charge in [0.25, 0.3) is 10.0 Å². The van der Waals surface area contributed by atoms with Gasteiger partial charge in [-0.25, -0.2) is 13.4 Å². The van der Waals surface area contributed by atoms with Crippen LogP contribution in [0.25, 0.3) is 11.0 Å². The zero-order valence-electron chi connectivity index (χ0n) is 10.8. The molecule has 3 aromatic rings. The van der Waals surface area contributed by atoms with Crippen LogP contribution in [0.2, 0.25) is 0 Å². The summed E-state index contributed by atoms with van der Waals surface area (Å²) in [5.41, 5.74) is 2.17. The third-order valence-corrected chi connectivity index (χ3v) is 4.42. The van der Waals surface area contributed by atoms with Crippen molar-refractivity contribution in [2.75, 3.05) is 4.72 Å². The second-order valence-corrected chi connectivity index (χ2v) is 6.20. The van der Waals surface area contributed by atoms with Crippen LogP contribution < -0.4 is 4.72 Å². The van der Waals surface area contributed by atoms with Crippen molar-refractivity contribution in [3.05, 3.63) is 54.4 Å². The number of aromatic nitrogens is 2. The normalized spacial score (nSPS) is 11.7. The first-order valence-electron chi connectivity index (χ1n) is 6.08. The third kappa shape index (κ3) is 2.25. The van der Waals surface area contributed by atoms with E-state index in [1.165, 1.54) is 0 Å². The van der Waals surface area contributed by atoms with Gasteiger partial charge in [-0.05, 0) is 31.2 Å². The number of benzene rings is 1. The molecule has 20 heavy (non-hydrogen) atoms. The van der Waals surface area contributed by atoms with E-state index in [1.54, 1.807) is 48.8 Å². The zero-order valence-corrected chi connectivity index (χ0v) is 11.6. The summed E-state index contributed by atoms with van der Waals surface area (Å²) in [4.78, 5) is 7.31. The number of nitrogens with one attached hydrogen (secondary N) is 2. The first-order chi connectivity index (χ1) is 9.56. The van der Waals surface area contributed by atoms with Crippen LogP contribution in [0.4, 0.5) is 5.69 Å². The molecule has 6 heteroatoms. The van der Waals surface area contributed by atoms with Crippen LogP contribution >= 0.6 is 0 Å². The SMILES string of the molecule is Cc1ccc(S(=O)(=O)Nc2ccnc3[nH]ccc23)cc1. The Morgan fingerprint density at radius 3 is 2.60 bits per heavy atom. The summed E-state index contributed by atoms with van der Waals surface area (Å²) in [5.74, 6) is 0. The highest BCUT2D eigenvalue weighted by Crippen LogP contribution is 2.23. The molecule has 0 unspecified atom stereocenters. The first-order valence-corrected chi connectivity index (χ1v) is 7.56. The molecule has 0 amide bonds. The van der Waals surface area contributed by atoms with Crippen molar-refractivity contribution in [3.8, 4) is 0 Å². The predicted octanol–water partition coefficient (Wildman–Crippen LogP) is 2.67. The van der Waals surface area contributed by atoms with Crippen molar-refractivity contribution in [2.24, 2.45) is 0 Å². The minimum absolute atomic E-state index is 0.239. The van der Waals surface area contributed by atoms with E-state index in [2.05, 4.69) is 14.7 Å². The molecule has 0 aliphatic carbocycles. The molecule has 0 saturated heterocycles. The van der Waals surface area contributed by atoms with Gasteiger partial charge in [0.05, 0.1) is 10.6 Å². The number of fused-ring (bicyclic) bond motifs is 1. The van der Waals surface area contributed by atoms with Gasteiger partial charge in [-0.15, -0.1) is 0 Å². The van der Waals surface area contributed by atoms with Gasteiger partial charge in [0.15, 0.2) is 0 Å². The standard InChI is InChI=1S/C14H13N3O2S/c1-10-2-4-11(5-3-10)20(18,19)17-13-7-9-16-14-12(13)6-8-15-14/h2-9H,1H3,(H2,15,16,17). The Hall–Kier alpha value is -2.34. The van der Waals surface area contributed by atoms with Crippen LogP contribution in [0.1, 0.15) is 5.56 Å². The second kappa shape index (κ2) is 4.64. The highest BCUT2D eigenvalue weighted by molar-refractivity contribution is 7.92.